The summed E-state index contributed by atoms with van der Waals surface area (Å²) in [5.74, 6) is 0.0925. The fourth-order valence-corrected chi connectivity index (χ4v) is 1.86. The van der Waals surface area contributed by atoms with E-state index in [0.717, 1.165) is 19.3 Å². The molecule has 1 heterocycles. The Hall–Kier alpha value is -1.57. The van der Waals surface area contributed by atoms with Crippen LogP contribution in [0.3, 0.4) is 0 Å². The van der Waals surface area contributed by atoms with Crippen molar-refractivity contribution in [3.05, 3.63) is 23.8 Å². The molecule has 3 nitrogen and oxygen atoms in total. The SMILES string of the molecule is C[C@](C#N)(CC1CC1)c1cnc(C(F)F)nc1. The standard InChI is InChI=1S/C12H13F2N3/c1-12(7-15,4-8-2-3-8)9-5-16-11(10(13)14)17-6-9/h5-6,8,10H,2-4H2,1H3/t12-/m1/s1. The topological polar surface area (TPSA) is 49.6 Å². The maximum Gasteiger partial charge on any atom is 0.297 e. The number of rotatable bonds is 4. The Morgan fingerprint density at radius 3 is 2.47 bits per heavy atom. The third-order valence-electron chi connectivity index (χ3n) is 3.14. The molecule has 90 valence electrons. The van der Waals surface area contributed by atoms with Crippen LogP contribution in [0.15, 0.2) is 12.4 Å². The molecule has 17 heavy (non-hydrogen) atoms. The highest BCUT2D eigenvalue weighted by molar-refractivity contribution is 5.27. The highest BCUT2D eigenvalue weighted by Gasteiger charge is 2.35. The first-order valence-electron chi connectivity index (χ1n) is 5.57. The monoisotopic (exact) mass is 237 g/mol. The van der Waals surface area contributed by atoms with Crippen LogP contribution in [-0.2, 0) is 5.41 Å². The molecular weight excluding hydrogens is 224 g/mol. The molecule has 0 bridgehead atoms. The fraction of sp³-hybridized carbons (Fsp3) is 0.583. The Kier molecular flexibility index (Phi) is 3.05. The zero-order valence-electron chi connectivity index (χ0n) is 9.53. The minimum atomic E-state index is -2.67. The summed E-state index contributed by atoms with van der Waals surface area (Å²) in [7, 11) is 0. The molecule has 0 radical (unpaired) electrons. The second-order valence-corrected chi connectivity index (χ2v) is 4.72. The number of hydrogen-bond acceptors (Lipinski definition) is 3. The second-order valence-electron chi connectivity index (χ2n) is 4.72. The van der Waals surface area contributed by atoms with Gasteiger partial charge in [0, 0.05) is 18.0 Å². The van der Waals surface area contributed by atoms with Crippen molar-refractivity contribution in [2.24, 2.45) is 5.92 Å². The summed E-state index contributed by atoms with van der Waals surface area (Å²) in [6, 6.07) is 2.25. The predicted octanol–water partition coefficient (Wildman–Crippen LogP) is 3.00. The van der Waals surface area contributed by atoms with Gasteiger partial charge in [-0.25, -0.2) is 18.7 Å². The number of nitriles is 1. The summed E-state index contributed by atoms with van der Waals surface area (Å²) in [5, 5.41) is 9.24. The summed E-state index contributed by atoms with van der Waals surface area (Å²) >= 11 is 0. The Labute approximate surface area is 98.5 Å². The van der Waals surface area contributed by atoms with Crippen LogP contribution in [0.1, 0.15) is 44.0 Å². The van der Waals surface area contributed by atoms with Crippen LogP contribution >= 0.6 is 0 Å². The molecule has 1 atom stereocenters. The lowest BCUT2D eigenvalue weighted by Gasteiger charge is -2.21. The molecule has 0 N–H and O–H groups in total. The van der Waals surface area contributed by atoms with Crippen molar-refractivity contribution in [3.63, 3.8) is 0 Å². The van der Waals surface area contributed by atoms with Gasteiger partial charge in [0.25, 0.3) is 6.43 Å². The van der Waals surface area contributed by atoms with Gasteiger partial charge in [-0.2, -0.15) is 5.26 Å². The predicted molar refractivity (Wildman–Crippen MR) is 57.3 cm³/mol. The van der Waals surface area contributed by atoms with Gasteiger partial charge in [-0.05, 0) is 19.3 Å². The molecule has 1 aliphatic rings. The number of halogens is 2. The van der Waals surface area contributed by atoms with E-state index in [2.05, 4.69) is 16.0 Å². The average Bonchev–Trinajstić information content (AvgIpc) is 3.13. The highest BCUT2D eigenvalue weighted by Crippen LogP contribution is 2.41. The van der Waals surface area contributed by atoms with E-state index in [9.17, 15) is 14.0 Å². The van der Waals surface area contributed by atoms with E-state index in [0.29, 0.717) is 11.5 Å². The van der Waals surface area contributed by atoms with Crippen molar-refractivity contribution in [2.45, 2.75) is 38.0 Å². The lowest BCUT2D eigenvalue weighted by atomic mass is 9.81. The van der Waals surface area contributed by atoms with Gasteiger partial charge in [0.2, 0.25) is 0 Å². The Balaban J connectivity index is 2.21. The normalized spacial score (nSPS) is 18.8. The molecule has 1 aromatic heterocycles. The summed E-state index contributed by atoms with van der Waals surface area (Å²) in [4.78, 5) is 7.22. The average molecular weight is 237 g/mol. The molecule has 0 aromatic carbocycles. The molecule has 0 aliphatic heterocycles. The Bertz CT molecular complexity index is 434. The van der Waals surface area contributed by atoms with Crippen LogP contribution in [0.2, 0.25) is 0 Å². The first-order valence-corrected chi connectivity index (χ1v) is 5.57. The van der Waals surface area contributed by atoms with E-state index in [1.54, 1.807) is 0 Å². The minimum Gasteiger partial charge on any atom is -0.236 e. The molecule has 5 heteroatoms. The van der Waals surface area contributed by atoms with Crippen LogP contribution in [-0.4, -0.2) is 9.97 Å². The first-order chi connectivity index (χ1) is 8.05. The van der Waals surface area contributed by atoms with Gasteiger partial charge in [-0.15, -0.1) is 0 Å². The molecule has 1 saturated carbocycles. The number of hydrogen-bond donors (Lipinski definition) is 0. The second kappa shape index (κ2) is 4.36. The Morgan fingerprint density at radius 1 is 1.47 bits per heavy atom. The van der Waals surface area contributed by atoms with Crippen molar-refractivity contribution < 1.29 is 8.78 Å². The quantitative estimate of drug-likeness (QED) is 0.808. The summed E-state index contributed by atoms with van der Waals surface area (Å²) in [6.07, 6.45) is 3.07. The van der Waals surface area contributed by atoms with Crippen molar-refractivity contribution in [1.29, 1.82) is 5.26 Å². The van der Waals surface area contributed by atoms with Crippen LogP contribution in [0, 0.1) is 17.2 Å². The fourth-order valence-electron chi connectivity index (χ4n) is 1.86. The van der Waals surface area contributed by atoms with Gasteiger partial charge in [0.1, 0.15) is 0 Å². The zero-order valence-corrected chi connectivity index (χ0v) is 9.53. The lowest BCUT2D eigenvalue weighted by molar-refractivity contribution is 0.140. The third-order valence-corrected chi connectivity index (χ3v) is 3.14. The molecule has 0 spiro atoms. The molecule has 1 aliphatic carbocycles. The van der Waals surface area contributed by atoms with E-state index in [-0.39, 0.29) is 0 Å². The number of nitrogens with zero attached hydrogens (tertiary/aromatic N) is 3. The third kappa shape index (κ3) is 2.57. The van der Waals surface area contributed by atoms with E-state index < -0.39 is 17.7 Å². The molecule has 1 aromatic rings. The van der Waals surface area contributed by atoms with Crippen LogP contribution < -0.4 is 0 Å². The van der Waals surface area contributed by atoms with E-state index in [1.807, 2.05) is 6.92 Å². The van der Waals surface area contributed by atoms with Crippen molar-refractivity contribution in [2.75, 3.05) is 0 Å². The maximum absolute atomic E-state index is 12.3. The van der Waals surface area contributed by atoms with Crippen molar-refractivity contribution >= 4 is 0 Å². The van der Waals surface area contributed by atoms with Crippen LogP contribution in [0.4, 0.5) is 8.78 Å². The van der Waals surface area contributed by atoms with Gasteiger partial charge >= 0.3 is 0 Å². The van der Waals surface area contributed by atoms with E-state index in [1.165, 1.54) is 12.4 Å². The molecule has 1 fully saturated rings. The summed E-state index contributed by atoms with van der Waals surface area (Å²) in [5.41, 5.74) is -0.0433. The van der Waals surface area contributed by atoms with Gasteiger partial charge in [0.15, 0.2) is 5.82 Å². The van der Waals surface area contributed by atoms with Crippen molar-refractivity contribution in [1.82, 2.24) is 9.97 Å². The molecule has 0 saturated heterocycles. The molecule has 0 unspecified atom stereocenters. The van der Waals surface area contributed by atoms with Gasteiger partial charge < -0.3 is 0 Å². The zero-order chi connectivity index (χ0) is 12.5. The van der Waals surface area contributed by atoms with Gasteiger partial charge in [-0.3, -0.25) is 0 Å². The van der Waals surface area contributed by atoms with Crippen molar-refractivity contribution in [3.8, 4) is 6.07 Å². The van der Waals surface area contributed by atoms with E-state index >= 15 is 0 Å². The maximum atomic E-state index is 12.3. The van der Waals surface area contributed by atoms with Gasteiger partial charge in [0.05, 0.1) is 11.5 Å². The highest BCUT2D eigenvalue weighted by atomic mass is 19.3. The molecule has 0 amide bonds. The van der Waals surface area contributed by atoms with Crippen LogP contribution in [0.25, 0.3) is 0 Å². The summed E-state index contributed by atoms with van der Waals surface area (Å²) in [6.45, 7) is 1.81. The van der Waals surface area contributed by atoms with Gasteiger partial charge in [-0.1, -0.05) is 12.8 Å². The first kappa shape index (κ1) is 11.9. The molecule has 2 rings (SSSR count). The number of alkyl halides is 2. The number of aromatic nitrogens is 2. The van der Waals surface area contributed by atoms with Crippen LogP contribution in [0.5, 0.6) is 0 Å². The Morgan fingerprint density at radius 2 is 2.06 bits per heavy atom. The minimum absolute atomic E-state index is 0.486. The summed E-state index contributed by atoms with van der Waals surface area (Å²) < 4.78 is 24.6. The molecular formula is C12H13F2N3. The lowest BCUT2D eigenvalue weighted by Crippen LogP contribution is -2.21. The smallest absolute Gasteiger partial charge is 0.236 e. The largest absolute Gasteiger partial charge is 0.297 e. The van der Waals surface area contributed by atoms with E-state index in [4.69, 9.17) is 0 Å².